The Morgan fingerprint density at radius 1 is 1.16 bits per heavy atom. The predicted octanol–water partition coefficient (Wildman–Crippen LogP) is 3.72. The van der Waals surface area contributed by atoms with Crippen LogP contribution in [-0.2, 0) is 26.0 Å². The second-order valence-electron chi connectivity index (χ2n) is 7.94. The third-order valence-electron chi connectivity index (χ3n) is 5.76. The fourth-order valence-electron chi connectivity index (χ4n) is 4.12. The van der Waals surface area contributed by atoms with E-state index >= 15 is 0 Å². The Morgan fingerprint density at radius 3 is 2.74 bits per heavy atom. The highest BCUT2D eigenvalue weighted by Crippen LogP contribution is 2.31. The van der Waals surface area contributed by atoms with Crippen molar-refractivity contribution in [2.45, 2.75) is 50.0 Å². The molecule has 164 valence electrons. The van der Waals surface area contributed by atoms with Crippen molar-refractivity contribution in [2.24, 2.45) is 0 Å². The minimum Gasteiger partial charge on any atom is -0.326 e. The van der Waals surface area contributed by atoms with Crippen LogP contribution in [0.5, 0.6) is 0 Å². The van der Waals surface area contributed by atoms with Crippen molar-refractivity contribution in [2.75, 3.05) is 17.2 Å². The molecule has 2 aliphatic heterocycles. The third kappa shape index (κ3) is 4.46. The van der Waals surface area contributed by atoms with E-state index in [1.807, 2.05) is 6.92 Å². The van der Waals surface area contributed by atoms with E-state index in [4.69, 9.17) is 11.6 Å². The molecule has 2 aromatic carbocycles. The van der Waals surface area contributed by atoms with Crippen LogP contribution in [0.2, 0.25) is 5.02 Å². The molecule has 9 heteroatoms. The molecule has 0 aromatic heterocycles. The summed E-state index contributed by atoms with van der Waals surface area (Å²) < 4.78 is 28.1. The number of nitrogens with one attached hydrogen (secondary N) is 2. The first-order valence-electron chi connectivity index (χ1n) is 10.3. The maximum Gasteiger partial charge on any atom is 0.243 e. The number of hydrogen-bond acceptors (Lipinski definition) is 4. The monoisotopic (exact) mass is 461 g/mol. The first-order chi connectivity index (χ1) is 14.8. The molecule has 2 aliphatic rings. The maximum atomic E-state index is 13.4. The molecular weight excluding hydrogens is 438 g/mol. The SMILES string of the molecule is Cc1cc(Cl)ccc1NC(=O)C1CCCN1S(=O)(=O)c1ccc2c(c1)CCCC(=O)N2. The standard InChI is InChI=1S/C22H24ClN3O4S/c1-14-12-16(23)7-9-18(14)25-22(28)20-5-3-11-26(20)31(29,30)17-8-10-19-15(13-17)4-2-6-21(27)24-19/h7-10,12-13,20H,2-6,11H2,1H3,(H,24,27)(H,25,28). The normalized spacial score (nSPS) is 19.4. The zero-order chi connectivity index (χ0) is 22.2. The van der Waals surface area contributed by atoms with Gasteiger partial charge in [-0.05, 0) is 80.1 Å². The highest BCUT2D eigenvalue weighted by atomic mass is 35.5. The van der Waals surface area contributed by atoms with Crippen LogP contribution >= 0.6 is 11.6 Å². The zero-order valence-electron chi connectivity index (χ0n) is 17.2. The summed E-state index contributed by atoms with van der Waals surface area (Å²) >= 11 is 5.98. The maximum absolute atomic E-state index is 13.4. The Balaban J connectivity index is 1.58. The van der Waals surface area contributed by atoms with Gasteiger partial charge in [0.2, 0.25) is 21.8 Å². The summed E-state index contributed by atoms with van der Waals surface area (Å²) in [4.78, 5) is 24.9. The van der Waals surface area contributed by atoms with Gasteiger partial charge in [0, 0.05) is 29.4 Å². The van der Waals surface area contributed by atoms with Gasteiger partial charge in [0.15, 0.2) is 0 Å². The number of benzene rings is 2. The van der Waals surface area contributed by atoms with Crippen molar-refractivity contribution in [3.63, 3.8) is 0 Å². The molecule has 1 unspecified atom stereocenters. The minimum atomic E-state index is -3.86. The van der Waals surface area contributed by atoms with E-state index in [9.17, 15) is 18.0 Å². The van der Waals surface area contributed by atoms with E-state index in [0.29, 0.717) is 48.5 Å². The van der Waals surface area contributed by atoms with Gasteiger partial charge in [-0.3, -0.25) is 9.59 Å². The van der Waals surface area contributed by atoms with Crippen molar-refractivity contribution in [3.05, 3.63) is 52.5 Å². The lowest BCUT2D eigenvalue weighted by Crippen LogP contribution is -2.43. The molecule has 31 heavy (non-hydrogen) atoms. The van der Waals surface area contributed by atoms with E-state index in [1.165, 1.54) is 10.4 Å². The summed E-state index contributed by atoms with van der Waals surface area (Å²) in [6.45, 7) is 2.12. The van der Waals surface area contributed by atoms with E-state index in [1.54, 1.807) is 30.3 Å². The molecule has 0 saturated carbocycles. The molecule has 1 fully saturated rings. The smallest absolute Gasteiger partial charge is 0.243 e. The summed E-state index contributed by atoms with van der Waals surface area (Å²) in [5, 5.41) is 6.23. The molecule has 2 heterocycles. The molecule has 2 aromatic rings. The lowest BCUT2D eigenvalue weighted by molar-refractivity contribution is -0.119. The average molecular weight is 462 g/mol. The second kappa shape index (κ2) is 8.61. The summed E-state index contributed by atoms with van der Waals surface area (Å²) in [5.74, 6) is -0.420. The van der Waals surface area contributed by atoms with Gasteiger partial charge < -0.3 is 10.6 Å². The lowest BCUT2D eigenvalue weighted by Gasteiger charge is -2.24. The van der Waals surface area contributed by atoms with Crippen LogP contribution in [0.4, 0.5) is 11.4 Å². The molecule has 0 bridgehead atoms. The van der Waals surface area contributed by atoms with Crippen LogP contribution in [0, 0.1) is 6.92 Å². The number of carbonyl (C=O) groups is 2. The second-order valence-corrected chi connectivity index (χ2v) is 10.3. The molecule has 0 radical (unpaired) electrons. The van der Waals surface area contributed by atoms with Gasteiger partial charge in [-0.25, -0.2) is 8.42 Å². The van der Waals surface area contributed by atoms with Crippen molar-refractivity contribution < 1.29 is 18.0 Å². The number of amides is 2. The van der Waals surface area contributed by atoms with E-state index in [-0.39, 0.29) is 23.3 Å². The van der Waals surface area contributed by atoms with E-state index in [2.05, 4.69) is 10.6 Å². The molecule has 7 nitrogen and oxygen atoms in total. The first-order valence-corrected chi connectivity index (χ1v) is 12.1. The quantitative estimate of drug-likeness (QED) is 0.725. The molecule has 0 aliphatic carbocycles. The molecule has 4 rings (SSSR count). The molecular formula is C22H24ClN3O4S. The number of fused-ring (bicyclic) bond motifs is 1. The van der Waals surface area contributed by atoms with Gasteiger partial charge in [0.05, 0.1) is 4.90 Å². The Labute approximate surface area is 186 Å². The predicted molar refractivity (Wildman–Crippen MR) is 120 cm³/mol. The Hall–Kier alpha value is -2.42. The van der Waals surface area contributed by atoms with Crippen LogP contribution in [0.25, 0.3) is 0 Å². The number of hydrogen-bond donors (Lipinski definition) is 2. The van der Waals surface area contributed by atoms with Crippen LogP contribution in [0.1, 0.15) is 36.8 Å². The first kappa shape index (κ1) is 21.8. The van der Waals surface area contributed by atoms with Gasteiger partial charge in [0.25, 0.3) is 0 Å². The van der Waals surface area contributed by atoms with Gasteiger partial charge >= 0.3 is 0 Å². The van der Waals surface area contributed by atoms with Crippen LogP contribution in [-0.4, -0.2) is 37.1 Å². The van der Waals surface area contributed by atoms with Crippen molar-refractivity contribution >= 4 is 44.8 Å². The van der Waals surface area contributed by atoms with Crippen LogP contribution < -0.4 is 10.6 Å². The van der Waals surface area contributed by atoms with Crippen LogP contribution in [0.3, 0.4) is 0 Å². The molecule has 1 atom stereocenters. The van der Waals surface area contributed by atoms with Gasteiger partial charge in [-0.2, -0.15) is 4.31 Å². The fraction of sp³-hybridized carbons (Fsp3) is 0.364. The average Bonchev–Trinajstić information content (AvgIpc) is 3.14. The van der Waals surface area contributed by atoms with Gasteiger partial charge in [0.1, 0.15) is 6.04 Å². The van der Waals surface area contributed by atoms with Gasteiger partial charge in [-0.1, -0.05) is 11.6 Å². The molecule has 1 saturated heterocycles. The van der Waals surface area contributed by atoms with Crippen LogP contribution in [0.15, 0.2) is 41.3 Å². The number of aryl methyl sites for hydroxylation is 2. The Bertz CT molecular complexity index is 1150. The van der Waals surface area contributed by atoms with Gasteiger partial charge in [-0.15, -0.1) is 0 Å². The molecule has 0 spiro atoms. The summed E-state index contributed by atoms with van der Waals surface area (Å²) in [7, 11) is -3.86. The highest BCUT2D eigenvalue weighted by Gasteiger charge is 2.39. The third-order valence-corrected chi connectivity index (χ3v) is 7.90. The van der Waals surface area contributed by atoms with Crippen molar-refractivity contribution in [1.82, 2.24) is 4.31 Å². The number of anilines is 2. The van der Waals surface area contributed by atoms with E-state index in [0.717, 1.165) is 11.1 Å². The minimum absolute atomic E-state index is 0.0665. The number of sulfonamides is 1. The number of rotatable bonds is 4. The Morgan fingerprint density at radius 2 is 1.97 bits per heavy atom. The number of carbonyl (C=O) groups excluding carboxylic acids is 2. The van der Waals surface area contributed by atoms with Crippen molar-refractivity contribution in [3.8, 4) is 0 Å². The number of halogens is 1. The highest BCUT2D eigenvalue weighted by molar-refractivity contribution is 7.89. The summed E-state index contributed by atoms with van der Waals surface area (Å²) in [6.07, 6.45) is 2.76. The number of nitrogens with zero attached hydrogens (tertiary/aromatic N) is 1. The summed E-state index contributed by atoms with van der Waals surface area (Å²) in [6, 6.07) is 9.11. The molecule has 2 amide bonds. The van der Waals surface area contributed by atoms with E-state index < -0.39 is 16.1 Å². The summed E-state index contributed by atoms with van der Waals surface area (Å²) in [5.41, 5.74) is 2.86. The molecule has 2 N–H and O–H groups in total. The van der Waals surface area contributed by atoms with Crippen molar-refractivity contribution in [1.29, 1.82) is 0 Å². The Kier molecular flexibility index (Phi) is 6.05. The largest absolute Gasteiger partial charge is 0.326 e. The topological polar surface area (TPSA) is 95.6 Å². The zero-order valence-corrected chi connectivity index (χ0v) is 18.7. The fourth-order valence-corrected chi connectivity index (χ4v) is 6.05. The lowest BCUT2D eigenvalue weighted by atomic mass is 10.1.